The number of rotatable bonds is 4. The van der Waals surface area contributed by atoms with Crippen LogP contribution in [0.25, 0.3) is 10.9 Å². The fourth-order valence-corrected chi connectivity index (χ4v) is 3.69. The van der Waals surface area contributed by atoms with Crippen LogP contribution in [0.3, 0.4) is 0 Å². The van der Waals surface area contributed by atoms with Crippen LogP contribution in [0.1, 0.15) is 21.5 Å². The lowest BCUT2D eigenvalue weighted by Crippen LogP contribution is -2.48. The maximum atomic E-state index is 12.9. The average molecular weight is 429 g/mol. The normalized spacial score (nSPS) is 15.3. The number of amides is 1. The minimum Gasteiger partial charge on any atom is -0.497 e. The summed E-state index contributed by atoms with van der Waals surface area (Å²) in [5, 5.41) is 0.868. The second-order valence-electron chi connectivity index (χ2n) is 7.55. The van der Waals surface area contributed by atoms with Crippen LogP contribution in [0, 0.1) is 0 Å². The van der Waals surface area contributed by atoms with Gasteiger partial charge >= 0.3 is 6.18 Å². The molecule has 1 aliphatic rings. The number of carbonyl (C=O) groups is 1. The van der Waals surface area contributed by atoms with Gasteiger partial charge in [-0.3, -0.25) is 14.7 Å². The summed E-state index contributed by atoms with van der Waals surface area (Å²) in [4.78, 5) is 21.2. The summed E-state index contributed by atoms with van der Waals surface area (Å²) in [7, 11) is 1.59. The Kier molecular flexibility index (Phi) is 5.82. The summed E-state index contributed by atoms with van der Waals surface area (Å²) in [5.41, 5.74) is 1.47. The van der Waals surface area contributed by atoms with Crippen molar-refractivity contribution in [1.82, 2.24) is 14.8 Å². The first-order valence-electron chi connectivity index (χ1n) is 9.95. The molecule has 0 aliphatic carbocycles. The number of nitrogens with zero attached hydrogens (tertiary/aromatic N) is 3. The number of aromatic nitrogens is 1. The van der Waals surface area contributed by atoms with Crippen LogP contribution in [0.4, 0.5) is 13.2 Å². The number of alkyl halides is 3. The van der Waals surface area contributed by atoms with E-state index >= 15 is 0 Å². The smallest absolute Gasteiger partial charge is 0.416 e. The van der Waals surface area contributed by atoms with Gasteiger partial charge in [0.15, 0.2) is 0 Å². The van der Waals surface area contributed by atoms with Crippen molar-refractivity contribution in [2.75, 3.05) is 33.3 Å². The number of ether oxygens (including phenoxy) is 1. The molecule has 0 saturated carbocycles. The first kappa shape index (κ1) is 21.1. The van der Waals surface area contributed by atoms with Gasteiger partial charge in [-0.1, -0.05) is 12.1 Å². The molecule has 1 aromatic heterocycles. The Morgan fingerprint density at radius 2 is 1.74 bits per heavy atom. The van der Waals surface area contributed by atoms with Gasteiger partial charge < -0.3 is 9.64 Å². The van der Waals surface area contributed by atoms with Crippen LogP contribution >= 0.6 is 0 Å². The predicted octanol–water partition coefficient (Wildman–Crippen LogP) is 4.22. The van der Waals surface area contributed by atoms with Gasteiger partial charge in [0.1, 0.15) is 5.75 Å². The Hall–Kier alpha value is -3.13. The highest BCUT2D eigenvalue weighted by Crippen LogP contribution is 2.29. The van der Waals surface area contributed by atoms with Crippen molar-refractivity contribution in [1.29, 1.82) is 0 Å². The lowest BCUT2D eigenvalue weighted by Gasteiger charge is -2.34. The summed E-state index contributed by atoms with van der Waals surface area (Å²) in [6.07, 6.45) is -2.74. The molecule has 2 aromatic carbocycles. The molecule has 31 heavy (non-hydrogen) atoms. The van der Waals surface area contributed by atoms with Crippen molar-refractivity contribution in [3.8, 4) is 5.75 Å². The molecule has 0 radical (unpaired) electrons. The molecule has 1 saturated heterocycles. The third-order valence-electron chi connectivity index (χ3n) is 5.49. The molecule has 0 N–H and O–H groups in total. The first-order chi connectivity index (χ1) is 14.8. The molecule has 0 atom stereocenters. The van der Waals surface area contributed by atoms with E-state index in [4.69, 9.17) is 4.74 Å². The number of hydrogen-bond acceptors (Lipinski definition) is 4. The fraction of sp³-hybridized carbons (Fsp3) is 0.304. The molecule has 2 heterocycles. The highest BCUT2D eigenvalue weighted by molar-refractivity contribution is 5.97. The number of piperazine rings is 1. The van der Waals surface area contributed by atoms with Crippen molar-refractivity contribution >= 4 is 16.8 Å². The average Bonchev–Trinajstić information content (AvgIpc) is 2.78. The van der Waals surface area contributed by atoms with E-state index in [1.165, 1.54) is 12.1 Å². The number of pyridine rings is 1. The van der Waals surface area contributed by atoms with Gasteiger partial charge in [-0.25, -0.2) is 0 Å². The Labute approximate surface area is 178 Å². The molecular weight excluding hydrogens is 407 g/mol. The Bertz CT molecular complexity index is 1080. The van der Waals surface area contributed by atoms with Crippen LogP contribution < -0.4 is 4.74 Å². The van der Waals surface area contributed by atoms with E-state index < -0.39 is 11.7 Å². The number of benzene rings is 2. The zero-order valence-corrected chi connectivity index (χ0v) is 17.0. The molecule has 1 aliphatic heterocycles. The van der Waals surface area contributed by atoms with Crippen molar-refractivity contribution in [2.45, 2.75) is 12.7 Å². The van der Waals surface area contributed by atoms with Crippen molar-refractivity contribution < 1.29 is 22.7 Å². The Morgan fingerprint density at radius 3 is 2.39 bits per heavy atom. The van der Waals surface area contributed by atoms with Gasteiger partial charge in [0, 0.05) is 50.4 Å². The predicted molar refractivity (Wildman–Crippen MR) is 111 cm³/mol. The van der Waals surface area contributed by atoms with E-state index in [1.807, 2.05) is 24.3 Å². The van der Waals surface area contributed by atoms with E-state index in [1.54, 1.807) is 18.2 Å². The van der Waals surface area contributed by atoms with E-state index in [2.05, 4.69) is 9.88 Å². The second kappa shape index (κ2) is 8.55. The summed E-state index contributed by atoms with van der Waals surface area (Å²) in [5.74, 6) is 0.641. The molecule has 1 amide bonds. The fourth-order valence-electron chi connectivity index (χ4n) is 3.69. The van der Waals surface area contributed by atoms with E-state index in [0.717, 1.165) is 28.6 Å². The van der Waals surface area contributed by atoms with Gasteiger partial charge in [0.25, 0.3) is 5.91 Å². The largest absolute Gasteiger partial charge is 0.497 e. The molecule has 4 rings (SSSR count). The maximum absolute atomic E-state index is 12.9. The highest BCUT2D eigenvalue weighted by Gasteiger charge is 2.30. The van der Waals surface area contributed by atoms with Crippen LogP contribution in [0.5, 0.6) is 5.75 Å². The number of fused-ring (bicyclic) bond motifs is 1. The Balaban J connectivity index is 1.36. The zero-order valence-electron chi connectivity index (χ0n) is 17.0. The second-order valence-corrected chi connectivity index (χ2v) is 7.55. The molecule has 162 valence electrons. The third-order valence-corrected chi connectivity index (χ3v) is 5.49. The van der Waals surface area contributed by atoms with Crippen molar-refractivity contribution in [2.24, 2.45) is 0 Å². The highest BCUT2D eigenvalue weighted by atomic mass is 19.4. The molecule has 5 nitrogen and oxygen atoms in total. The van der Waals surface area contributed by atoms with Crippen LogP contribution in [-0.4, -0.2) is 54.0 Å². The van der Waals surface area contributed by atoms with Gasteiger partial charge in [0.2, 0.25) is 0 Å². The number of halogens is 3. The number of hydrogen-bond donors (Lipinski definition) is 0. The SMILES string of the molecule is COc1ccc2cc(C(=O)N3CCN(Cc4ccc(C(F)(F)F)cc4)CC3)cnc2c1. The van der Waals surface area contributed by atoms with Crippen LogP contribution in [-0.2, 0) is 12.7 Å². The minimum absolute atomic E-state index is 0.0700. The van der Waals surface area contributed by atoms with Crippen molar-refractivity contribution in [3.63, 3.8) is 0 Å². The monoisotopic (exact) mass is 429 g/mol. The lowest BCUT2D eigenvalue weighted by molar-refractivity contribution is -0.137. The van der Waals surface area contributed by atoms with E-state index in [0.29, 0.717) is 44.0 Å². The molecule has 3 aromatic rings. The number of carbonyl (C=O) groups excluding carboxylic acids is 1. The summed E-state index contributed by atoms with van der Waals surface area (Å²) >= 11 is 0. The van der Waals surface area contributed by atoms with Crippen molar-refractivity contribution in [3.05, 3.63) is 71.4 Å². The minimum atomic E-state index is -4.33. The molecular formula is C23H22F3N3O2. The van der Waals surface area contributed by atoms with Crippen LogP contribution in [0.2, 0.25) is 0 Å². The summed E-state index contributed by atoms with van der Waals surface area (Å²) in [6, 6.07) is 12.6. The van der Waals surface area contributed by atoms with Crippen LogP contribution in [0.15, 0.2) is 54.7 Å². The van der Waals surface area contributed by atoms with E-state index in [9.17, 15) is 18.0 Å². The molecule has 0 bridgehead atoms. The maximum Gasteiger partial charge on any atom is 0.416 e. The van der Waals surface area contributed by atoms with Gasteiger partial charge in [0.05, 0.1) is 23.8 Å². The van der Waals surface area contributed by atoms with E-state index in [-0.39, 0.29) is 5.91 Å². The zero-order chi connectivity index (χ0) is 22.0. The van der Waals surface area contributed by atoms with Gasteiger partial charge in [-0.2, -0.15) is 13.2 Å². The lowest BCUT2D eigenvalue weighted by atomic mass is 10.1. The third kappa shape index (κ3) is 4.80. The summed E-state index contributed by atoms with van der Waals surface area (Å²) < 4.78 is 43.3. The molecule has 0 spiro atoms. The molecule has 0 unspecified atom stereocenters. The summed E-state index contributed by atoms with van der Waals surface area (Å²) in [6.45, 7) is 2.98. The Morgan fingerprint density at radius 1 is 1.03 bits per heavy atom. The molecule has 8 heteroatoms. The molecule has 1 fully saturated rings. The quantitative estimate of drug-likeness (QED) is 0.623. The standard InChI is InChI=1S/C23H22F3N3O2/c1-31-20-7-4-17-12-18(14-27-21(17)13-20)22(30)29-10-8-28(9-11-29)15-16-2-5-19(6-3-16)23(24,25)26/h2-7,12-14H,8-11,15H2,1H3. The topological polar surface area (TPSA) is 45.7 Å². The number of methoxy groups -OCH3 is 1. The van der Waals surface area contributed by atoms with Gasteiger partial charge in [-0.15, -0.1) is 0 Å². The van der Waals surface area contributed by atoms with Gasteiger partial charge in [-0.05, 0) is 35.9 Å². The first-order valence-corrected chi connectivity index (χ1v) is 9.95.